The summed E-state index contributed by atoms with van der Waals surface area (Å²) < 4.78 is 13.5. The summed E-state index contributed by atoms with van der Waals surface area (Å²) in [5, 5.41) is 9.25. The van der Waals surface area contributed by atoms with Crippen molar-refractivity contribution in [3.63, 3.8) is 0 Å². The molecule has 0 unspecified atom stereocenters. The van der Waals surface area contributed by atoms with Crippen molar-refractivity contribution in [1.82, 2.24) is 0 Å². The van der Waals surface area contributed by atoms with Gasteiger partial charge in [0.15, 0.2) is 0 Å². The molecule has 15 heavy (non-hydrogen) atoms. The molecule has 0 aliphatic rings. The molecular weight excluding hydrogens is 191 g/mol. The van der Waals surface area contributed by atoms with Gasteiger partial charge in [-0.25, -0.2) is 4.39 Å². The van der Waals surface area contributed by atoms with Crippen molar-refractivity contribution in [3.8, 4) is 0 Å². The third-order valence-electron chi connectivity index (χ3n) is 2.79. The standard InChI is InChI=1S/C13H19FO/c1-9(2)11-7-10(5-6-12(11)14)13(3,4)8-15/h5-7,9,15H,8H2,1-4H3. The Hall–Kier alpha value is -0.890. The van der Waals surface area contributed by atoms with E-state index in [4.69, 9.17) is 0 Å². The second-order valence-electron chi connectivity index (χ2n) is 4.93. The number of rotatable bonds is 3. The van der Waals surface area contributed by atoms with Crippen LogP contribution in [-0.2, 0) is 5.41 Å². The van der Waals surface area contributed by atoms with Crippen molar-refractivity contribution < 1.29 is 9.50 Å². The lowest BCUT2D eigenvalue weighted by Gasteiger charge is -2.23. The molecular formula is C13H19FO. The molecule has 0 aromatic heterocycles. The average Bonchev–Trinajstić information content (AvgIpc) is 2.17. The predicted molar refractivity (Wildman–Crippen MR) is 60.6 cm³/mol. The molecule has 0 heterocycles. The van der Waals surface area contributed by atoms with E-state index < -0.39 is 0 Å². The molecule has 84 valence electrons. The lowest BCUT2D eigenvalue weighted by Crippen LogP contribution is -2.22. The molecule has 1 nitrogen and oxygen atoms in total. The lowest BCUT2D eigenvalue weighted by molar-refractivity contribution is 0.218. The summed E-state index contributed by atoms with van der Waals surface area (Å²) in [5.74, 6) is 0.00179. The molecule has 2 heteroatoms. The molecule has 0 amide bonds. The Kier molecular flexibility index (Phi) is 3.50. The van der Waals surface area contributed by atoms with Crippen LogP contribution in [0.5, 0.6) is 0 Å². The number of benzene rings is 1. The summed E-state index contributed by atoms with van der Waals surface area (Å²) in [5.41, 5.74) is 1.39. The number of hydrogen-bond acceptors (Lipinski definition) is 1. The maximum Gasteiger partial charge on any atom is 0.126 e. The van der Waals surface area contributed by atoms with Crippen LogP contribution < -0.4 is 0 Å². The third-order valence-corrected chi connectivity index (χ3v) is 2.79. The highest BCUT2D eigenvalue weighted by Gasteiger charge is 2.21. The monoisotopic (exact) mass is 210 g/mol. The Bertz CT molecular complexity index is 342. The molecule has 0 fully saturated rings. The predicted octanol–water partition coefficient (Wildman–Crippen LogP) is 3.22. The summed E-state index contributed by atoms with van der Waals surface area (Å²) >= 11 is 0. The highest BCUT2D eigenvalue weighted by atomic mass is 19.1. The summed E-state index contributed by atoms with van der Waals surface area (Å²) in [6.07, 6.45) is 0. The highest BCUT2D eigenvalue weighted by Crippen LogP contribution is 2.27. The maximum atomic E-state index is 13.5. The fourth-order valence-electron chi connectivity index (χ4n) is 1.50. The van der Waals surface area contributed by atoms with Crippen molar-refractivity contribution in [2.45, 2.75) is 39.0 Å². The van der Waals surface area contributed by atoms with Gasteiger partial charge in [0.05, 0.1) is 6.61 Å². The first-order valence-corrected chi connectivity index (χ1v) is 5.29. The molecule has 0 spiro atoms. The highest BCUT2D eigenvalue weighted by molar-refractivity contribution is 5.32. The van der Waals surface area contributed by atoms with Gasteiger partial charge in [0, 0.05) is 5.41 Å². The van der Waals surface area contributed by atoms with E-state index in [-0.39, 0.29) is 23.8 Å². The van der Waals surface area contributed by atoms with Gasteiger partial charge in [-0.05, 0) is 23.1 Å². The molecule has 0 bridgehead atoms. The van der Waals surface area contributed by atoms with Crippen LogP contribution in [0.4, 0.5) is 4.39 Å². The second kappa shape index (κ2) is 4.31. The fourth-order valence-corrected chi connectivity index (χ4v) is 1.50. The van der Waals surface area contributed by atoms with Gasteiger partial charge in [-0.1, -0.05) is 39.8 Å². The van der Waals surface area contributed by atoms with Crippen LogP contribution in [0.25, 0.3) is 0 Å². The number of halogens is 1. The Morgan fingerprint density at radius 3 is 2.40 bits per heavy atom. The number of hydrogen-bond donors (Lipinski definition) is 1. The summed E-state index contributed by atoms with van der Waals surface area (Å²) in [7, 11) is 0. The first-order valence-electron chi connectivity index (χ1n) is 5.29. The number of aliphatic hydroxyl groups is 1. The van der Waals surface area contributed by atoms with E-state index in [1.165, 1.54) is 6.07 Å². The number of aliphatic hydroxyl groups excluding tert-OH is 1. The van der Waals surface area contributed by atoms with Crippen LogP contribution in [0.1, 0.15) is 44.7 Å². The van der Waals surface area contributed by atoms with Crippen LogP contribution >= 0.6 is 0 Å². The van der Waals surface area contributed by atoms with Gasteiger partial charge >= 0.3 is 0 Å². The molecule has 1 aromatic carbocycles. The Morgan fingerprint density at radius 1 is 1.33 bits per heavy atom. The molecule has 0 atom stereocenters. The van der Waals surface area contributed by atoms with Gasteiger partial charge < -0.3 is 5.11 Å². The molecule has 0 aliphatic carbocycles. The van der Waals surface area contributed by atoms with Gasteiger partial charge in [0.25, 0.3) is 0 Å². The second-order valence-corrected chi connectivity index (χ2v) is 4.93. The molecule has 0 radical (unpaired) electrons. The summed E-state index contributed by atoms with van der Waals surface area (Å²) in [6.45, 7) is 7.90. The van der Waals surface area contributed by atoms with E-state index in [2.05, 4.69) is 0 Å². The first-order chi connectivity index (χ1) is 6.88. The largest absolute Gasteiger partial charge is 0.395 e. The van der Waals surface area contributed by atoms with Crippen LogP contribution in [0.15, 0.2) is 18.2 Å². The lowest BCUT2D eigenvalue weighted by atomic mass is 9.83. The van der Waals surface area contributed by atoms with E-state index in [9.17, 15) is 9.50 Å². The van der Waals surface area contributed by atoms with Gasteiger partial charge in [-0.2, -0.15) is 0 Å². The van der Waals surface area contributed by atoms with Gasteiger partial charge in [-0.3, -0.25) is 0 Å². The molecule has 1 rings (SSSR count). The van der Waals surface area contributed by atoms with Gasteiger partial charge in [-0.15, -0.1) is 0 Å². The molecule has 1 N–H and O–H groups in total. The minimum absolute atomic E-state index is 0.0656. The SMILES string of the molecule is CC(C)c1cc(C(C)(C)CO)ccc1F. The average molecular weight is 210 g/mol. The normalized spacial score (nSPS) is 12.2. The zero-order valence-corrected chi connectivity index (χ0v) is 9.84. The van der Waals surface area contributed by atoms with Crippen molar-refractivity contribution in [3.05, 3.63) is 35.1 Å². The van der Waals surface area contributed by atoms with Crippen LogP contribution in [0.3, 0.4) is 0 Å². The van der Waals surface area contributed by atoms with Crippen molar-refractivity contribution in [2.24, 2.45) is 0 Å². The van der Waals surface area contributed by atoms with Crippen LogP contribution in [-0.4, -0.2) is 11.7 Å². The van der Waals surface area contributed by atoms with Crippen molar-refractivity contribution >= 4 is 0 Å². The Morgan fingerprint density at radius 2 is 1.93 bits per heavy atom. The quantitative estimate of drug-likeness (QED) is 0.812. The van der Waals surface area contributed by atoms with Gasteiger partial charge in [0.1, 0.15) is 5.82 Å². The Balaban J connectivity index is 3.19. The first kappa shape index (κ1) is 12.2. The smallest absolute Gasteiger partial charge is 0.126 e. The van der Waals surface area contributed by atoms with E-state index in [1.54, 1.807) is 6.07 Å². The van der Waals surface area contributed by atoms with Crippen LogP contribution in [0.2, 0.25) is 0 Å². The third kappa shape index (κ3) is 2.57. The Labute approximate surface area is 90.9 Å². The van der Waals surface area contributed by atoms with Crippen LogP contribution in [0, 0.1) is 5.82 Å². The van der Waals surface area contributed by atoms with E-state index in [0.717, 1.165) is 5.56 Å². The van der Waals surface area contributed by atoms with Crippen molar-refractivity contribution in [1.29, 1.82) is 0 Å². The molecule has 0 aliphatic heterocycles. The minimum atomic E-state index is -0.308. The maximum absolute atomic E-state index is 13.5. The summed E-state index contributed by atoms with van der Waals surface area (Å²) in [6, 6.07) is 5.09. The molecule has 1 aromatic rings. The van der Waals surface area contributed by atoms with E-state index in [0.29, 0.717) is 5.56 Å². The molecule has 0 saturated heterocycles. The summed E-state index contributed by atoms with van der Waals surface area (Å²) in [4.78, 5) is 0. The molecule has 0 saturated carbocycles. The van der Waals surface area contributed by atoms with E-state index >= 15 is 0 Å². The van der Waals surface area contributed by atoms with Gasteiger partial charge in [0.2, 0.25) is 0 Å². The minimum Gasteiger partial charge on any atom is -0.395 e. The van der Waals surface area contributed by atoms with E-state index in [1.807, 2.05) is 33.8 Å². The zero-order valence-electron chi connectivity index (χ0n) is 9.84. The van der Waals surface area contributed by atoms with Crippen molar-refractivity contribution in [2.75, 3.05) is 6.61 Å². The zero-order chi connectivity index (χ0) is 11.6. The fraction of sp³-hybridized carbons (Fsp3) is 0.538. The topological polar surface area (TPSA) is 20.2 Å².